The molecular formula is C20H27N3OS. The highest BCUT2D eigenvalue weighted by atomic mass is 32.1. The van der Waals surface area contributed by atoms with E-state index in [1.807, 2.05) is 11.8 Å². The number of benzene rings is 1. The zero-order valence-corrected chi connectivity index (χ0v) is 16.2. The molecule has 4 nitrogen and oxygen atoms in total. The lowest BCUT2D eigenvalue weighted by Crippen LogP contribution is -2.49. The summed E-state index contributed by atoms with van der Waals surface area (Å²) in [4.78, 5) is 21.5. The summed E-state index contributed by atoms with van der Waals surface area (Å²) < 4.78 is 0. The normalized spacial score (nSPS) is 15.8. The van der Waals surface area contributed by atoms with Crippen LogP contribution in [-0.2, 0) is 11.2 Å². The van der Waals surface area contributed by atoms with E-state index in [4.69, 9.17) is 0 Å². The monoisotopic (exact) mass is 357 g/mol. The van der Waals surface area contributed by atoms with Crippen LogP contribution in [0.2, 0.25) is 0 Å². The van der Waals surface area contributed by atoms with E-state index < -0.39 is 0 Å². The minimum absolute atomic E-state index is 0.237. The maximum atomic E-state index is 12.6. The number of amides is 1. The zero-order chi connectivity index (χ0) is 17.8. The predicted molar refractivity (Wildman–Crippen MR) is 104 cm³/mol. The number of hydrogen-bond donors (Lipinski definition) is 0. The summed E-state index contributed by atoms with van der Waals surface area (Å²) >= 11 is 1.66. The molecule has 5 heteroatoms. The van der Waals surface area contributed by atoms with Gasteiger partial charge in [0.25, 0.3) is 0 Å². The summed E-state index contributed by atoms with van der Waals surface area (Å²) in [6.45, 7) is 11.3. The van der Waals surface area contributed by atoms with Crippen molar-refractivity contribution in [1.82, 2.24) is 14.8 Å². The second-order valence-corrected chi connectivity index (χ2v) is 8.26. The number of piperazine rings is 1. The first kappa shape index (κ1) is 18.1. The van der Waals surface area contributed by atoms with Crippen molar-refractivity contribution in [1.29, 1.82) is 0 Å². The highest BCUT2D eigenvalue weighted by Gasteiger charge is 2.21. The third-order valence-corrected chi connectivity index (χ3v) is 5.35. The van der Waals surface area contributed by atoms with Crippen LogP contribution >= 0.6 is 11.3 Å². The van der Waals surface area contributed by atoms with Gasteiger partial charge in [-0.3, -0.25) is 9.69 Å². The number of carbonyl (C=O) groups is 1. The first-order valence-electron chi connectivity index (χ1n) is 9.03. The summed E-state index contributed by atoms with van der Waals surface area (Å²) in [5, 5.41) is 3.15. The highest BCUT2D eigenvalue weighted by Crippen LogP contribution is 2.22. The lowest BCUT2D eigenvalue weighted by atomic mass is 10.1. The molecule has 0 saturated carbocycles. The van der Waals surface area contributed by atoms with Crippen molar-refractivity contribution < 1.29 is 4.79 Å². The fourth-order valence-corrected chi connectivity index (χ4v) is 3.89. The molecule has 1 saturated heterocycles. The molecule has 2 aromatic rings. The fraction of sp³-hybridized carbons (Fsp3) is 0.500. The van der Waals surface area contributed by atoms with Gasteiger partial charge in [0.05, 0.1) is 17.1 Å². The van der Waals surface area contributed by atoms with Crippen LogP contribution in [0.15, 0.2) is 29.6 Å². The third kappa shape index (κ3) is 4.89. The molecular weight excluding hydrogens is 330 g/mol. The molecule has 134 valence electrons. The first-order valence-corrected chi connectivity index (χ1v) is 9.91. The molecule has 25 heavy (non-hydrogen) atoms. The van der Waals surface area contributed by atoms with Crippen LogP contribution in [0.1, 0.15) is 24.4 Å². The number of nitrogens with zero attached hydrogens (tertiary/aromatic N) is 3. The molecule has 1 fully saturated rings. The Kier molecular flexibility index (Phi) is 5.86. The molecule has 1 aliphatic rings. The number of aryl methyl sites for hydroxylation is 1. The van der Waals surface area contributed by atoms with E-state index in [-0.39, 0.29) is 5.91 Å². The Morgan fingerprint density at radius 3 is 2.40 bits per heavy atom. The van der Waals surface area contributed by atoms with E-state index in [0.29, 0.717) is 12.3 Å². The minimum Gasteiger partial charge on any atom is -0.340 e. The molecule has 1 aliphatic heterocycles. The Morgan fingerprint density at radius 1 is 1.16 bits per heavy atom. The number of carbonyl (C=O) groups excluding carboxylic acids is 1. The summed E-state index contributed by atoms with van der Waals surface area (Å²) in [7, 11) is 0. The molecule has 0 spiro atoms. The average Bonchev–Trinajstić information content (AvgIpc) is 3.02. The molecule has 0 N–H and O–H groups in total. The Balaban J connectivity index is 1.53. The first-order chi connectivity index (χ1) is 12.0. The van der Waals surface area contributed by atoms with Gasteiger partial charge in [0, 0.05) is 43.7 Å². The number of thiazole rings is 1. The van der Waals surface area contributed by atoms with Crippen LogP contribution in [0.4, 0.5) is 0 Å². The predicted octanol–water partition coefficient (Wildman–Crippen LogP) is 3.46. The maximum Gasteiger partial charge on any atom is 0.227 e. The molecule has 0 bridgehead atoms. The smallest absolute Gasteiger partial charge is 0.227 e. The van der Waals surface area contributed by atoms with Crippen molar-refractivity contribution in [2.75, 3.05) is 32.7 Å². The lowest BCUT2D eigenvalue weighted by molar-refractivity contribution is -0.132. The van der Waals surface area contributed by atoms with Crippen LogP contribution in [0.5, 0.6) is 0 Å². The standard InChI is InChI=1S/C20H27N3OS/c1-15(2)13-22-8-10-23(11-9-22)20(24)12-17-4-6-18(7-5-17)19-14-25-16(3)21-19/h4-7,14-15H,8-13H2,1-3H3. The lowest BCUT2D eigenvalue weighted by Gasteiger charge is -2.35. The largest absolute Gasteiger partial charge is 0.340 e. The Hall–Kier alpha value is -1.72. The number of aromatic nitrogens is 1. The molecule has 1 aromatic heterocycles. The van der Waals surface area contributed by atoms with Gasteiger partial charge in [0.15, 0.2) is 0 Å². The molecule has 1 amide bonds. The number of rotatable bonds is 5. The summed E-state index contributed by atoms with van der Waals surface area (Å²) in [6.07, 6.45) is 0.487. The van der Waals surface area contributed by atoms with Crippen molar-refractivity contribution in [2.45, 2.75) is 27.2 Å². The Labute approximate surface area is 154 Å². The van der Waals surface area contributed by atoms with Gasteiger partial charge in [-0.05, 0) is 18.4 Å². The topological polar surface area (TPSA) is 36.4 Å². The quantitative estimate of drug-likeness (QED) is 0.822. The van der Waals surface area contributed by atoms with Gasteiger partial charge >= 0.3 is 0 Å². The maximum absolute atomic E-state index is 12.6. The molecule has 0 unspecified atom stereocenters. The van der Waals surface area contributed by atoms with E-state index in [0.717, 1.165) is 54.6 Å². The average molecular weight is 358 g/mol. The summed E-state index contributed by atoms with van der Waals surface area (Å²) in [5.41, 5.74) is 3.20. The minimum atomic E-state index is 0.237. The summed E-state index contributed by atoms with van der Waals surface area (Å²) in [5.74, 6) is 0.920. The van der Waals surface area contributed by atoms with Crippen LogP contribution in [0.25, 0.3) is 11.3 Å². The van der Waals surface area contributed by atoms with Crippen LogP contribution in [-0.4, -0.2) is 53.4 Å². The van der Waals surface area contributed by atoms with Gasteiger partial charge in [-0.15, -0.1) is 11.3 Å². The van der Waals surface area contributed by atoms with E-state index in [1.54, 1.807) is 11.3 Å². The van der Waals surface area contributed by atoms with Crippen molar-refractivity contribution >= 4 is 17.2 Å². The van der Waals surface area contributed by atoms with E-state index in [9.17, 15) is 4.79 Å². The second kappa shape index (κ2) is 8.11. The molecule has 0 aliphatic carbocycles. The zero-order valence-electron chi connectivity index (χ0n) is 15.4. The third-order valence-electron chi connectivity index (χ3n) is 4.57. The fourth-order valence-electron chi connectivity index (χ4n) is 3.27. The van der Waals surface area contributed by atoms with E-state index in [2.05, 4.69) is 53.4 Å². The van der Waals surface area contributed by atoms with Gasteiger partial charge in [0.1, 0.15) is 0 Å². The molecule has 2 heterocycles. The Morgan fingerprint density at radius 2 is 1.84 bits per heavy atom. The highest BCUT2D eigenvalue weighted by molar-refractivity contribution is 7.09. The van der Waals surface area contributed by atoms with Crippen molar-refractivity contribution in [3.05, 3.63) is 40.2 Å². The van der Waals surface area contributed by atoms with Crippen molar-refractivity contribution in [2.24, 2.45) is 5.92 Å². The van der Waals surface area contributed by atoms with Crippen LogP contribution in [0, 0.1) is 12.8 Å². The molecule has 0 atom stereocenters. The molecule has 3 rings (SSSR count). The van der Waals surface area contributed by atoms with Gasteiger partial charge in [-0.2, -0.15) is 0 Å². The van der Waals surface area contributed by atoms with Crippen molar-refractivity contribution in [3.8, 4) is 11.3 Å². The van der Waals surface area contributed by atoms with Crippen LogP contribution in [0.3, 0.4) is 0 Å². The molecule has 1 aromatic carbocycles. The van der Waals surface area contributed by atoms with E-state index >= 15 is 0 Å². The summed E-state index contributed by atoms with van der Waals surface area (Å²) in [6, 6.07) is 8.24. The van der Waals surface area contributed by atoms with Crippen LogP contribution < -0.4 is 0 Å². The van der Waals surface area contributed by atoms with Gasteiger partial charge < -0.3 is 4.90 Å². The SMILES string of the molecule is Cc1nc(-c2ccc(CC(=O)N3CCN(CC(C)C)CC3)cc2)cs1. The Bertz CT molecular complexity index is 700. The molecule has 0 radical (unpaired) electrons. The second-order valence-electron chi connectivity index (χ2n) is 7.20. The number of hydrogen-bond acceptors (Lipinski definition) is 4. The van der Waals surface area contributed by atoms with Gasteiger partial charge in [-0.25, -0.2) is 4.98 Å². The van der Waals surface area contributed by atoms with E-state index in [1.165, 1.54) is 0 Å². The van der Waals surface area contributed by atoms with Gasteiger partial charge in [-0.1, -0.05) is 38.1 Å². The van der Waals surface area contributed by atoms with Gasteiger partial charge in [0.2, 0.25) is 5.91 Å². The van der Waals surface area contributed by atoms with Crippen molar-refractivity contribution in [3.63, 3.8) is 0 Å².